The van der Waals surface area contributed by atoms with Gasteiger partial charge in [-0.25, -0.2) is 12.7 Å². The Balaban J connectivity index is 1.88. The molecule has 1 aliphatic carbocycles. The highest BCUT2D eigenvalue weighted by Gasteiger charge is 2.24. The molecule has 0 aliphatic heterocycles. The number of nitrogens with zero attached hydrogens (tertiary/aromatic N) is 1. The molecule has 128 valence electrons. The second-order valence-corrected chi connectivity index (χ2v) is 7.84. The Morgan fingerprint density at radius 1 is 1.35 bits per heavy atom. The number of hydrogen-bond acceptors (Lipinski definition) is 4. The number of ether oxygens (including phenoxy) is 1. The van der Waals surface area contributed by atoms with Crippen molar-refractivity contribution < 1.29 is 17.9 Å². The molecule has 0 radical (unpaired) electrons. The highest BCUT2D eigenvalue weighted by atomic mass is 32.2. The van der Waals surface area contributed by atoms with Crippen molar-refractivity contribution in [1.82, 2.24) is 9.62 Å². The Kier molecular flexibility index (Phi) is 6.01. The van der Waals surface area contributed by atoms with E-state index in [0.717, 1.165) is 24.2 Å². The molecular formula is C16H24N2O4S. The molecule has 0 bridgehead atoms. The molecule has 0 aromatic heterocycles. The fourth-order valence-electron chi connectivity index (χ4n) is 2.28. The molecule has 0 spiro atoms. The highest BCUT2D eigenvalue weighted by Crippen LogP contribution is 2.18. The van der Waals surface area contributed by atoms with Crippen molar-refractivity contribution in [3.8, 4) is 5.75 Å². The van der Waals surface area contributed by atoms with Gasteiger partial charge in [0.2, 0.25) is 15.9 Å². The lowest BCUT2D eigenvalue weighted by atomic mass is 10.1. The molecule has 0 saturated heterocycles. The number of methoxy groups -OCH3 is 1. The van der Waals surface area contributed by atoms with Gasteiger partial charge in [0.25, 0.3) is 0 Å². The summed E-state index contributed by atoms with van der Waals surface area (Å²) in [6.45, 7) is 0.560. The van der Waals surface area contributed by atoms with Crippen molar-refractivity contribution in [2.24, 2.45) is 0 Å². The number of carbonyl (C=O) groups excluding carboxylic acids is 1. The van der Waals surface area contributed by atoms with Crippen LogP contribution < -0.4 is 10.1 Å². The molecule has 0 heterocycles. The zero-order chi connectivity index (χ0) is 16.9. The lowest BCUT2D eigenvalue weighted by Crippen LogP contribution is -2.36. The summed E-state index contributed by atoms with van der Waals surface area (Å²) in [7, 11) is -1.74. The first-order valence-corrected chi connectivity index (χ1v) is 9.61. The largest absolute Gasteiger partial charge is 0.497 e. The third-order valence-corrected chi connectivity index (χ3v) is 5.09. The van der Waals surface area contributed by atoms with Crippen LogP contribution in [0.2, 0.25) is 0 Å². The number of rotatable bonds is 9. The second-order valence-electron chi connectivity index (χ2n) is 5.86. The maximum Gasteiger partial charge on any atom is 0.221 e. The number of hydrogen-bond donors (Lipinski definition) is 1. The van der Waals surface area contributed by atoms with Gasteiger partial charge < -0.3 is 10.1 Å². The van der Waals surface area contributed by atoms with Gasteiger partial charge in [0.15, 0.2) is 0 Å². The first kappa shape index (κ1) is 17.7. The third-order valence-electron chi connectivity index (χ3n) is 3.78. The van der Waals surface area contributed by atoms with Crippen LogP contribution in [0.3, 0.4) is 0 Å². The Morgan fingerprint density at radius 2 is 2.09 bits per heavy atom. The average molecular weight is 340 g/mol. The predicted molar refractivity (Wildman–Crippen MR) is 88.9 cm³/mol. The Bertz CT molecular complexity index is 641. The van der Waals surface area contributed by atoms with Crippen LogP contribution in [0.5, 0.6) is 5.75 Å². The summed E-state index contributed by atoms with van der Waals surface area (Å²) in [4.78, 5) is 11.7. The summed E-state index contributed by atoms with van der Waals surface area (Å²) in [5.41, 5.74) is 1.00. The molecule has 2 rings (SSSR count). The van der Waals surface area contributed by atoms with E-state index in [4.69, 9.17) is 4.74 Å². The van der Waals surface area contributed by atoms with E-state index in [2.05, 4.69) is 5.32 Å². The fourth-order valence-corrected chi connectivity index (χ4v) is 3.12. The van der Waals surface area contributed by atoms with Crippen molar-refractivity contribution in [3.63, 3.8) is 0 Å². The average Bonchev–Trinajstić information content (AvgIpc) is 3.30. The van der Waals surface area contributed by atoms with Gasteiger partial charge in [-0.2, -0.15) is 0 Å². The van der Waals surface area contributed by atoms with E-state index in [1.165, 1.54) is 10.6 Å². The lowest BCUT2D eigenvalue weighted by molar-refractivity contribution is -0.121. The molecule has 1 fully saturated rings. The normalized spacial score (nSPS) is 14.7. The smallest absolute Gasteiger partial charge is 0.221 e. The summed E-state index contributed by atoms with van der Waals surface area (Å²) in [6.07, 6.45) is 4.00. The van der Waals surface area contributed by atoms with Crippen LogP contribution in [-0.4, -0.2) is 51.1 Å². The van der Waals surface area contributed by atoms with Crippen LogP contribution in [0.25, 0.3) is 0 Å². The number of nitrogens with one attached hydrogen (secondary N) is 1. The molecule has 1 aromatic rings. The van der Waals surface area contributed by atoms with E-state index in [1.54, 1.807) is 7.11 Å². The van der Waals surface area contributed by atoms with Gasteiger partial charge in [0.05, 0.1) is 13.4 Å². The highest BCUT2D eigenvalue weighted by molar-refractivity contribution is 7.88. The van der Waals surface area contributed by atoms with E-state index in [0.29, 0.717) is 19.0 Å². The van der Waals surface area contributed by atoms with Gasteiger partial charge in [-0.1, -0.05) is 12.1 Å². The first-order valence-electron chi connectivity index (χ1n) is 7.76. The number of carbonyl (C=O) groups is 1. The van der Waals surface area contributed by atoms with Crippen molar-refractivity contribution in [3.05, 3.63) is 29.8 Å². The van der Waals surface area contributed by atoms with Crippen LogP contribution in [0.1, 0.15) is 24.8 Å². The number of benzene rings is 1. The minimum Gasteiger partial charge on any atom is -0.497 e. The molecule has 1 aromatic carbocycles. The summed E-state index contributed by atoms with van der Waals surface area (Å²) in [6, 6.07) is 7.84. The monoisotopic (exact) mass is 340 g/mol. The van der Waals surface area contributed by atoms with Gasteiger partial charge in [0, 0.05) is 25.6 Å². The van der Waals surface area contributed by atoms with Gasteiger partial charge in [-0.15, -0.1) is 0 Å². The molecule has 1 amide bonds. The van der Waals surface area contributed by atoms with Crippen LogP contribution in [0, 0.1) is 0 Å². The molecule has 1 aliphatic rings. The van der Waals surface area contributed by atoms with Crippen molar-refractivity contribution in [2.45, 2.75) is 31.7 Å². The summed E-state index contributed by atoms with van der Waals surface area (Å²) < 4.78 is 30.3. The Morgan fingerprint density at radius 3 is 2.70 bits per heavy atom. The summed E-state index contributed by atoms with van der Waals surface area (Å²) in [5, 5.41) is 2.87. The minimum atomic E-state index is -3.34. The van der Waals surface area contributed by atoms with Gasteiger partial charge >= 0.3 is 0 Å². The topological polar surface area (TPSA) is 75.7 Å². The molecular weight excluding hydrogens is 316 g/mol. The van der Waals surface area contributed by atoms with Crippen molar-refractivity contribution in [1.29, 1.82) is 0 Å². The van der Waals surface area contributed by atoms with Gasteiger partial charge in [0.1, 0.15) is 5.75 Å². The molecule has 7 heteroatoms. The first-order chi connectivity index (χ1) is 10.9. The van der Waals surface area contributed by atoms with Crippen molar-refractivity contribution in [2.75, 3.05) is 26.5 Å². The van der Waals surface area contributed by atoms with E-state index in [1.807, 2.05) is 24.3 Å². The predicted octanol–water partition coefficient (Wildman–Crippen LogP) is 1.17. The van der Waals surface area contributed by atoms with E-state index in [-0.39, 0.29) is 18.9 Å². The quantitative estimate of drug-likeness (QED) is 0.732. The zero-order valence-corrected chi connectivity index (χ0v) is 14.4. The number of amides is 1. The van der Waals surface area contributed by atoms with Crippen LogP contribution in [0.4, 0.5) is 0 Å². The van der Waals surface area contributed by atoms with Crippen LogP contribution in [-0.2, 0) is 21.2 Å². The molecule has 0 atom stereocenters. The Hall–Kier alpha value is -1.60. The third kappa shape index (κ3) is 6.19. The maximum absolute atomic E-state index is 11.9. The van der Waals surface area contributed by atoms with Crippen LogP contribution >= 0.6 is 0 Å². The fraction of sp³-hybridized carbons (Fsp3) is 0.562. The van der Waals surface area contributed by atoms with E-state index >= 15 is 0 Å². The van der Waals surface area contributed by atoms with Crippen molar-refractivity contribution >= 4 is 15.9 Å². The van der Waals surface area contributed by atoms with E-state index in [9.17, 15) is 13.2 Å². The molecule has 1 saturated carbocycles. The summed E-state index contributed by atoms with van der Waals surface area (Å²) >= 11 is 0. The molecule has 6 nitrogen and oxygen atoms in total. The van der Waals surface area contributed by atoms with Gasteiger partial charge in [-0.05, 0) is 37.0 Å². The van der Waals surface area contributed by atoms with Gasteiger partial charge in [-0.3, -0.25) is 4.79 Å². The van der Waals surface area contributed by atoms with Crippen LogP contribution in [0.15, 0.2) is 24.3 Å². The lowest BCUT2D eigenvalue weighted by Gasteiger charge is -2.19. The Labute approximate surface area is 137 Å². The molecule has 1 N–H and O–H groups in total. The maximum atomic E-state index is 11.9. The molecule has 23 heavy (non-hydrogen) atoms. The van der Waals surface area contributed by atoms with E-state index < -0.39 is 10.0 Å². The second kappa shape index (κ2) is 7.79. The standard InChI is InChI=1S/C16H24N2O4S/c1-22-15-5-3-4-13(12-15)8-10-18(23(2,20)21)11-9-16(19)17-14-6-7-14/h3-5,12,14H,6-11H2,1-2H3,(H,17,19). The zero-order valence-electron chi connectivity index (χ0n) is 13.6. The number of sulfonamides is 1. The SMILES string of the molecule is COc1cccc(CCN(CCC(=O)NC2CC2)S(C)(=O)=O)c1. The summed E-state index contributed by atoms with van der Waals surface area (Å²) in [5.74, 6) is 0.666. The minimum absolute atomic E-state index is 0.0810. The molecule has 0 unspecified atom stereocenters.